The van der Waals surface area contributed by atoms with Gasteiger partial charge in [-0.05, 0) is 24.6 Å². The van der Waals surface area contributed by atoms with Crippen LogP contribution in [0.5, 0.6) is 0 Å². The highest BCUT2D eigenvalue weighted by molar-refractivity contribution is 7.19. The molecule has 1 aromatic carbocycles. The van der Waals surface area contributed by atoms with Crippen LogP contribution in [0.4, 0.5) is 5.13 Å². The molecule has 0 atom stereocenters. The third-order valence-corrected chi connectivity index (χ3v) is 3.38. The summed E-state index contributed by atoms with van der Waals surface area (Å²) in [5.74, 6) is 5.31. The molecule has 0 fully saturated rings. The van der Waals surface area contributed by atoms with Crippen LogP contribution in [-0.2, 0) is 0 Å². The van der Waals surface area contributed by atoms with Crippen LogP contribution >= 0.6 is 22.9 Å². The van der Waals surface area contributed by atoms with Crippen LogP contribution < -0.4 is 11.3 Å². The highest BCUT2D eigenvalue weighted by Gasteiger charge is 2.08. The van der Waals surface area contributed by atoms with E-state index in [9.17, 15) is 0 Å². The van der Waals surface area contributed by atoms with Gasteiger partial charge in [-0.2, -0.15) is 0 Å². The van der Waals surface area contributed by atoms with Crippen LogP contribution in [0.15, 0.2) is 24.3 Å². The molecule has 0 aliphatic rings. The Morgan fingerprint density at radius 2 is 2.27 bits per heavy atom. The molecule has 15 heavy (non-hydrogen) atoms. The number of thiazole rings is 1. The summed E-state index contributed by atoms with van der Waals surface area (Å²) in [4.78, 5) is 5.36. The Morgan fingerprint density at radius 3 is 2.87 bits per heavy atom. The molecule has 0 spiro atoms. The third-order valence-electron chi connectivity index (χ3n) is 2.01. The van der Waals surface area contributed by atoms with Crippen molar-refractivity contribution in [3.05, 3.63) is 35.0 Å². The molecule has 0 amide bonds. The van der Waals surface area contributed by atoms with Gasteiger partial charge in [0.25, 0.3) is 0 Å². The van der Waals surface area contributed by atoms with Gasteiger partial charge in [0.05, 0.1) is 10.6 Å². The number of hydrogen-bond donors (Lipinski definition) is 2. The molecule has 78 valence electrons. The number of benzene rings is 1. The molecule has 0 aliphatic carbocycles. The quantitative estimate of drug-likeness (QED) is 0.626. The van der Waals surface area contributed by atoms with Gasteiger partial charge in [-0.1, -0.05) is 35.1 Å². The van der Waals surface area contributed by atoms with E-state index in [2.05, 4.69) is 10.4 Å². The van der Waals surface area contributed by atoms with Crippen LogP contribution in [0, 0.1) is 6.92 Å². The highest BCUT2D eigenvalue weighted by atomic mass is 35.5. The van der Waals surface area contributed by atoms with Crippen molar-refractivity contribution < 1.29 is 0 Å². The molecule has 5 heteroatoms. The second-order valence-electron chi connectivity index (χ2n) is 3.09. The molecule has 0 saturated heterocycles. The molecule has 3 nitrogen and oxygen atoms in total. The zero-order valence-electron chi connectivity index (χ0n) is 8.12. The van der Waals surface area contributed by atoms with E-state index in [1.165, 1.54) is 11.3 Å². The van der Waals surface area contributed by atoms with E-state index in [1.54, 1.807) is 0 Å². The van der Waals surface area contributed by atoms with E-state index >= 15 is 0 Å². The maximum atomic E-state index is 5.93. The first-order valence-electron chi connectivity index (χ1n) is 4.40. The molecule has 0 saturated carbocycles. The first kappa shape index (κ1) is 10.4. The molecular formula is C10H10ClN3S. The number of aryl methyl sites for hydroxylation is 1. The Balaban J connectivity index is 2.48. The summed E-state index contributed by atoms with van der Waals surface area (Å²) in [7, 11) is 0. The first-order valence-corrected chi connectivity index (χ1v) is 5.60. The van der Waals surface area contributed by atoms with Crippen molar-refractivity contribution in [1.82, 2.24) is 4.98 Å². The van der Waals surface area contributed by atoms with Crippen LogP contribution in [0.2, 0.25) is 5.02 Å². The maximum absolute atomic E-state index is 5.93. The normalized spacial score (nSPS) is 10.3. The summed E-state index contributed by atoms with van der Waals surface area (Å²) in [6.07, 6.45) is 0. The fraction of sp³-hybridized carbons (Fsp3) is 0.100. The highest BCUT2D eigenvalue weighted by Crippen LogP contribution is 2.33. The minimum atomic E-state index is 0.711. The summed E-state index contributed by atoms with van der Waals surface area (Å²) in [5.41, 5.74) is 4.57. The third kappa shape index (κ3) is 2.12. The lowest BCUT2D eigenvalue weighted by Gasteiger charge is -1.98. The lowest BCUT2D eigenvalue weighted by atomic mass is 10.2. The Morgan fingerprint density at radius 1 is 1.47 bits per heavy atom. The predicted octanol–water partition coefficient (Wildman–Crippen LogP) is 3.06. The van der Waals surface area contributed by atoms with Gasteiger partial charge >= 0.3 is 0 Å². The van der Waals surface area contributed by atoms with Crippen molar-refractivity contribution in [3.8, 4) is 10.4 Å². The fourth-order valence-electron chi connectivity index (χ4n) is 1.36. The van der Waals surface area contributed by atoms with E-state index in [0.717, 1.165) is 21.2 Å². The van der Waals surface area contributed by atoms with Crippen molar-refractivity contribution >= 4 is 28.1 Å². The van der Waals surface area contributed by atoms with Crippen molar-refractivity contribution in [2.75, 3.05) is 5.43 Å². The molecule has 2 aromatic rings. The van der Waals surface area contributed by atoms with Gasteiger partial charge in [0, 0.05) is 5.02 Å². The van der Waals surface area contributed by atoms with E-state index in [4.69, 9.17) is 17.4 Å². The van der Waals surface area contributed by atoms with E-state index < -0.39 is 0 Å². The molecule has 1 heterocycles. The van der Waals surface area contributed by atoms with Crippen molar-refractivity contribution in [1.29, 1.82) is 0 Å². The number of nitrogens with two attached hydrogens (primary N) is 1. The molecular weight excluding hydrogens is 230 g/mol. The van der Waals surface area contributed by atoms with Gasteiger partial charge in [-0.25, -0.2) is 10.8 Å². The maximum Gasteiger partial charge on any atom is 0.197 e. The summed E-state index contributed by atoms with van der Waals surface area (Å²) in [6, 6.07) is 7.70. The van der Waals surface area contributed by atoms with E-state index in [-0.39, 0.29) is 0 Å². The largest absolute Gasteiger partial charge is 0.300 e. The topological polar surface area (TPSA) is 50.9 Å². The first-order chi connectivity index (χ1) is 7.20. The number of nitrogens with one attached hydrogen (secondary N) is 1. The Labute approximate surface area is 96.9 Å². The van der Waals surface area contributed by atoms with Crippen molar-refractivity contribution in [3.63, 3.8) is 0 Å². The number of anilines is 1. The number of aromatic nitrogens is 1. The second kappa shape index (κ2) is 4.18. The van der Waals surface area contributed by atoms with Gasteiger partial charge in [0.15, 0.2) is 5.13 Å². The SMILES string of the molecule is Cc1nc(NN)sc1-c1cccc(Cl)c1. The van der Waals surface area contributed by atoms with Gasteiger partial charge < -0.3 is 0 Å². The molecule has 1 aromatic heterocycles. The number of hydrazine groups is 1. The van der Waals surface area contributed by atoms with E-state index in [1.807, 2.05) is 31.2 Å². The Hall–Kier alpha value is -1.10. The number of hydrogen-bond acceptors (Lipinski definition) is 4. The van der Waals surface area contributed by atoms with Crippen LogP contribution in [0.3, 0.4) is 0 Å². The van der Waals surface area contributed by atoms with Crippen LogP contribution in [0.1, 0.15) is 5.69 Å². The fourth-order valence-corrected chi connectivity index (χ4v) is 2.42. The molecule has 0 aliphatic heterocycles. The molecule has 0 radical (unpaired) electrons. The lowest BCUT2D eigenvalue weighted by Crippen LogP contribution is -2.05. The summed E-state index contributed by atoms with van der Waals surface area (Å²) in [6.45, 7) is 1.95. The summed E-state index contributed by atoms with van der Waals surface area (Å²) < 4.78 is 0. The average molecular weight is 240 g/mol. The number of rotatable bonds is 2. The summed E-state index contributed by atoms with van der Waals surface area (Å²) >= 11 is 7.45. The van der Waals surface area contributed by atoms with E-state index in [0.29, 0.717) is 5.13 Å². The predicted molar refractivity (Wildman–Crippen MR) is 65.1 cm³/mol. The van der Waals surface area contributed by atoms with Crippen molar-refractivity contribution in [2.45, 2.75) is 6.92 Å². The van der Waals surface area contributed by atoms with Crippen LogP contribution in [-0.4, -0.2) is 4.98 Å². The Kier molecular flexibility index (Phi) is 2.90. The minimum Gasteiger partial charge on any atom is -0.300 e. The molecule has 0 bridgehead atoms. The van der Waals surface area contributed by atoms with Gasteiger partial charge in [-0.15, -0.1) is 0 Å². The Bertz CT molecular complexity index is 481. The average Bonchev–Trinajstić information content (AvgIpc) is 2.60. The lowest BCUT2D eigenvalue weighted by molar-refractivity contribution is 1.22. The van der Waals surface area contributed by atoms with Gasteiger partial charge in [0.1, 0.15) is 0 Å². The number of halogens is 1. The summed E-state index contributed by atoms with van der Waals surface area (Å²) in [5, 5.41) is 1.44. The van der Waals surface area contributed by atoms with Crippen LogP contribution in [0.25, 0.3) is 10.4 Å². The van der Waals surface area contributed by atoms with Gasteiger partial charge in [-0.3, -0.25) is 5.43 Å². The van der Waals surface area contributed by atoms with Crippen molar-refractivity contribution in [2.24, 2.45) is 5.84 Å². The minimum absolute atomic E-state index is 0.711. The molecule has 2 rings (SSSR count). The smallest absolute Gasteiger partial charge is 0.197 e. The monoisotopic (exact) mass is 239 g/mol. The molecule has 3 N–H and O–H groups in total. The molecule has 0 unspecified atom stereocenters. The van der Waals surface area contributed by atoms with Gasteiger partial charge in [0.2, 0.25) is 0 Å². The zero-order chi connectivity index (χ0) is 10.8. The second-order valence-corrected chi connectivity index (χ2v) is 4.52. The number of nitrogens with zero attached hydrogens (tertiary/aromatic N) is 1. The zero-order valence-corrected chi connectivity index (χ0v) is 9.69. The standard InChI is InChI=1S/C10H10ClN3S/c1-6-9(15-10(13-6)14-12)7-3-2-4-8(11)5-7/h2-5H,12H2,1H3,(H,13,14). The number of nitrogen functional groups attached to an aromatic ring is 1.